The zero-order chi connectivity index (χ0) is 19.9. The number of para-hydroxylation sites is 1. The molecular weight excluding hydrogens is 358 g/mol. The third-order valence-electron chi connectivity index (χ3n) is 5.30. The van der Waals surface area contributed by atoms with Crippen LogP contribution in [-0.2, 0) is 16.0 Å². The highest BCUT2D eigenvalue weighted by molar-refractivity contribution is 5.81. The summed E-state index contributed by atoms with van der Waals surface area (Å²) in [6.45, 7) is 1.97. The second kappa shape index (κ2) is 9.61. The largest absolute Gasteiger partial charge is 0.483 e. The van der Waals surface area contributed by atoms with Gasteiger partial charge in [-0.05, 0) is 37.0 Å². The van der Waals surface area contributed by atoms with Gasteiger partial charge in [0.1, 0.15) is 0 Å². The van der Waals surface area contributed by atoms with E-state index < -0.39 is 0 Å². The van der Waals surface area contributed by atoms with Crippen LogP contribution in [0.1, 0.15) is 24.8 Å². The van der Waals surface area contributed by atoms with E-state index in [4.69, 9.17) is 9.90 Å². The summed E-state index contributed by atoms with van der Waals surface area (Å²) in [5.41, 5.74) is 2.24. The molecule has 0 bridgehead atoms. The lowest BCUT2D eigenvalue weighted by Crippen LogP contribution is -2.31. The number of pyridine rings is 1. The predicted octanol–water partition coefficient (Wildman–Crippen LogP) is 1.44. The normalized spacial score (nSPS) is 21.8. The molecule has 2 heterocycles. The molecule has 4 rings (SSSR count). The van der Waals surface area contributed by atoms with E-state index in [2.05, 4.69) is 27.3 Å². The number of hydrogen-bond acceptors (Lipinski definition) is 5. The van der Waals surface area contributed by atoms with Crippen LogP contribution in [0.3, 0.4) is 0 Å². The highest BCUT2D eigenvalue weighted by Gasteiger charge is 2.32. The Morgan fingerprint density at radius 2 is 2.00 bits per heavy atom. The van der Waals surface area contributed by atoms with Gasteiger partial charge in [-0.2, -0.15) is 0 Å². The van der Waals surface area contributed by atoms with Crippen molar-refractivity contribution in [3.8, 4) is 0 Å². The Hall–Kier alpha value is -2.51. The van der Waals surface area contributed by atoms with Gasteiger partial charge in [-0.25, -0.2) is 0 Å². The van der Waals surface area contributed by atoms with Crippen LogP contribution in [0.15, 0.2) is 36.5 Å². The molecule has 2 fully saturated rings. The number of amides is 1. The molecule has 1 saturated heterocycles. The number of carboxylic acid groups (broad SMARTS) is 1. The van der Waals surface area contributed by atoms with Gasteiger partial charge in [-0.15, -0.1) is 0 Å². The van der Waals surface area contributed by atoms with Crippen molar-refractivity contribution in [1.29, 1.82) is 0 Å². The van der Waals surface area contributed by atoms with Crippen molar-refractivity contribution in [2.24, 2.45) is 5.92 Å². The smallest absolute Gasteiger partial charge is 0.290 e. The van der Waals surface area contributed by atoms with Crippen molar-refractivity contribution in [3.05, 3.63) is 42.1 Å². The minimum Gasteiger partial charge on any atom is -0.483 e. The van der Waals surface area contributed by atoms with Crippen LogP contribution in [-0.4, -0.2) is 64.3 Å². The van der Waals surface area contributed by atoms with Crippen LogP contribution >= 0.6 is 0 Å². The fraction of sp³-hybridized carbons (Fsp3) is 0.476. The molecule has 2 aliphatic rings. The van der Waals surface area contributed by atoms with Crippen LogP contribution < -0.4 is 5.32 Å². The highest BCUT2D eigenvalue weighted by Crippen LogP contribution is 2.25. The first-order valence-electron chi connectivity index (χ1n) is 9.71. The van der Waals surface area contributed by atoms with Crippen molar-refractivity contribution in [2.75, 3.05) is 19.6 Å². The number of nitrogens with one attached hydrogen (secondary N) is 1. The molecule has 7 heteroatoms. The third-order valence-corrected chi connectivity index (χ3v) is 5.30. The molecule has 2 atom stereocenters. The average Bonchev–Trinajstić information content (AvgIpc) is 3.43. The fourth-order valence-electron chi connectivity index (χ4n) is 3.73. The minimum absolute atomic E-state index is 0.139. The molecule has 1 aliphatic heterocycles. The maximum atomic E-state index is 11.8. The number of benzene rings is 1. The van der Waals surface area contributed by atoms with Gasteiger partial charge in [0, 0.05) is 49.6 Å². The van der Waals surface area contributed by atoms with Crippen LogP contribution in [0, 0.1) is 5.92 Å². The predicted molar refractivity (Wildman–Crippen MR) is 106 cm³/mol. The van der Waals surface area contributed by atoms with Crippen LogP contribution in [0.25, 0.3) is 10.9 Å². The van der Waals surface area contributed by atoms with Gasteiger partial charge < -0.3 is 15.5 Å². The summed E-state index contributed by atoms with van der Waals surface area (Å²) >= 11 is 0. The molecule has 150 valence electrons. The molecule has 1 aromatic heterocycles. The van der Waals surface area contributed by atoms with Crippen LogP contribution in [0.4, 0.5) is 0 Å². The zero-order valence-electron chi connectivity index (χ0n) is 15.8. The number of fused-ring (bicyclic) bond motifs is 1. The summed E-state index contributed by atoms with van der Waals surface area (Å²) in [6, 6.07) is 10.6. The van der Waals surface area contributed by atoms with Crippen LogP contribution in [0.2, 0.25) is 0 Å². The summed E-state index contributed by atoms with van der Waals surface area (Å²) in [7, 11) is 0. The second-order valence-electron chi connectivity index (χ2n) is 7.48. The Kier molecular flexibility index (Phi) is 6.95. The quantitative estimate of drug-likeness (QED) is 0.650. The Morgan fingerprint density at radius 3 is 2.75 bits per heavy atom. The fourth-order valence-corrected chi connectivity index (χ4v) is 3.73. The molecule has 0 unspecified atom stereocenters. The van der Waals surface area contributed by atoms with E-state index in [1.165, 1.54) is 10.9 Å². The van der Waals surface area contributed by atoms with Gasteiger partial charge in [0.05, 0.1) is 11.6 Å². The molecule has 28 heavy (non-hydrogen) atoms. The molecule has 1 amide bonds. The van der Waals surface area contributed by atoms with Crippen molar-refractivity contribution in [1.82, 2.24) is 15.2 Å². The van der Waals surface area contributed by atoms with E-state index in [0.29, 0.717) is 19.0 Å². The molecule has 7 nitrogen and oxygen atoms in total. The molecule has 0 radical (unpaired) electrons. The number of carbonyl (C=O) groups is 2. The SMILES string of the molecule is O=C(CCN1C[C@@H](Cc2ccnc3ccccc23)[C@@H](O)C1)NC1CC1.O=CO. The molecule has 1 aliphatic carbocycles. The number of aliphatic hydroxyl groups is 1. The van der Waals surface area contributed by atoms with E-state index in [9.17, 15) is 9.90 Å². The Labute approximate surface area is 164 Å². The summed E-state index contributed by atoms with van der Waals surface area (Å²) in [4.78, 5) is 26.8. The molecule has 3 N–H and O–H groups in total. The number of rotatable bonds is 6. The Bertz CT molecular complexity index is 804. The van der Waals surface area contributed by atoms with Crippen LogP contribution in [0.5, 0.6) is 0 Å². The lowest BCUT2D eigenvalue weighted by molar-refractivity contribution is -0.123. The highest BCUT2D eigenvalue weighted by atomic mass is 16.3. The number of carbonyl (C=O) groups excluding carboxylic acids is 1. The number of aromatic nitrogens is 1. The number of likely N-dealkylation sites (tertiary alicyclic amines) is 1. The summed E-state index contributed by atoms with van der Waals surface area (Å²) in [5, 5.41) is 21.5. The minimum atomic E-state index is -0.335. The number of β-amino-alcohol motifs (C(OH)–C–C–N with tert-alkyl or cyclic N) is 1. The van der Waals surface area contributed by atoms with E-state index in [-0.39, 0.29) is 24.4 Å². The number of hydrogen-bond donors (Lipinski definition) is 3. The van der Waals surface area contributed by atoms with Gasteiger partial charge in [0.15, 0.2) is 0 Å². The summed E-state index contributed by atoms with van der Waals surface area (Å²) in [6.07, 6.45) is 5.12. The van der Waals surface area contributed by atoms with Gasteiger partial charge >= 0.3 is 0 Å². The van der Waals surface area contributed by atoms with E-state index >= 15 is 0 Å². The van der Waals surface area contributed by atoms with Crippen molar-refractivity contribution in [3.63, 3.8) is 0 Å². The lowest BCUT2D eigenvalue weighted by Gasteiger charge is -2.16. The first-order valence-corrected chi connectivity index (χ1v) is 9.71. The van der Waals surface area contributed by atoms with Crippen molar-refractivity contribution >= 4 is 23.3 Å². The molecule has 0 spiro atoms. The molecule has 1 aromatic carbocycles. The summed E-state index contributed by atoms with van der Waals surface area (Å²) < 4.78 is 0. The van der Waals surface area contributed by atoms with E-state index in [0.717, 1.165) is 37.9 Å². The second-order valence-corrected chi connectivity index (χ2v) is 7.48. The Morgan fingerprint density at radius 1 is 1.25 bits per heavy atom. The number of aliphatic hydroxyl groups excluding tert-OH is 1. The topological polar surface area (TPSA) is 103 Å². The Balaban J connectivity index is 0.000000706. The number of nitrogens with zero attached hydrogens (tertiary/aromatic N) is 2. The first kappa shape index (κ1) is 20.2. The average molecular weight is 385 g/mol. The molecular formula is C21H27N3O4. The van der Waals surface area contributed by atoms with Gasteiger partial charge in [-0.1, -0.05) is 18.2 Å². The monoisotopic (exact) mass is 385 g/mol. The first-order chi connectivity index (χ1) is 13.6. The van der Waals surface area contributed by atoms with Gasteiger partial charge in [-0.3, -0.25) is 19.5 Å². The molecule has 1 saturated carbocycles. The third kappa shape index (κ3) is 5.50. The van der Waals surface area contributed by atoms with Crippen molar-refractivity contribution in [2.45, 2.75) is 37.8 Å². The lowest BCUT2D eigenvalue weighted by atomic mass is 9.94. The zero-order valence-corrected chi connectivity index (χ0v) is 15.8. The van der Waals surface area contributed by atoms with Gasteiger partial charge in [0.25, 0.3) is 6.47 Å². The van der Waals surface area contributed by atoms with E-state index in [1.54, 1.807) is 0 Å². The van der Waals surface area contributed by atoms with Crippen molar-refractivity contribution < 1.29 is 19.8 Å². The maximum absolute atomic E-state index is 11.8. The standard InChI is InChI=1S/C20H25N3O2.CH2O2/c24-19-13-23(10-8-20(25)22-16-5-6-16)12-15(19)11-14-7-9-21-18-4-2-1-3-17(14)18;2-1-3/h1-4,7,9,15-16,19,24H,5-6,8,10-13H2,(H,22,25);1H,(H,2,3)/t15-,19+;/m1./s1. The molecule has 2 aromatic rings. The van der Waals surface area contributed by atoms with Gasteiger partial charge in [0.2, 0.25) is 5.91 Å². The maximum Gasteiger partial charge on any atom is 0.290 e. The van der Waals surface area contributed by atoms with E-state index in [1.807, 2.05) is 24.4 Å². The summed E-state index contributed by atoms with van der Waals surface area (Å²) in [5.74, 6) is 0.345.